The minimum Gasteiger partial charge on any atom is -0.461 e. The van der Waals surface area contributed by atoms with Gasteiger partial charge < -0.3 is 10.1 Å². The van der Waals surface area contributed by atoms with Crippen LogP contribution < -0.4 is 5.32 Å². The highest BCUT2D eigenvalue weighted by atomic mass is 32.1. The van der Waals surface area contributed by atoms with Crippen LogP contribution in [0, 0.1) is 5.82 Å². The Kier molecular flexibility index (Phi) is 4.52. The molecule has 120 valence electrons. The molecule has 2 heterocycles. The number of halogens is 1. The second kappa shape index (κ2) is 6.74. The average Bonchev–Trinajstić information content (AvgIpc) is 3.09. The molecule has 0 fully saturated rings. The molecule has 0 bridgehead atoms. The number of carbonyl (C=O) groups excluding carboxylic acids is 1. The van der Waals surface area contributed by atoms with E-state index >= 15 is 0 Å². The van der Waals surface area contributed by atoms with Gasteiger partial charge in [0, 0.05) is 6.54 Å². The van der Waals surface area contributed by atoms with E-state index < -0.39 is 5.97 Å². The Balaban J connectivity index is 1.64. The molecule has 0 saturated heterocycles. The van der Waals surface area contributed by atoms with Crippen LogP contribution in [0.2, 0.25) is 0 Å². The van der Waals surface area contributed by atoms with E-state index in [1.54, 1.807) is 23.6 Å². The van der Waals surface area contributed by atoms with Crippen LogP contribution >= 0.6 is 11.3 Å². The lowest BCUT2D eigenvalue weighted by atomic mass is 10.1. The number of esters is 1. The molecule has 2 aromatic heterocycles. The lowest BCUT2D eigenvalue weighted by Crippen LogP contribution is -2.05. The van der Waals surface area contributed by atoms with Crippen LogP contribution in [0.5, 0.6) is 0 Å². The third kappa shape index (κ3) is 3.48. The van der Waals surface area contributed by atoms with Gasteiger partial charge in [0.15, 0.2) is 10.5 Å². The zero-order valence-corrected chi connectivity index (χ0v) is 13.3. The van der Waals surface area contributed by atoms with Crippen LogP contribution in [-0.4, -0.2) is 33.7 Å². The molecule has 1 N–H and O–H groups in total. The fraction of sp³-hybridized carbons (Fsp3) is 0.267. The van der Waals surface area contributed by atoms with E-state index in [0.29, 0.717) is 23.1 Å². The number of imidazole rings is 1. The quantitative estimate of drug-likeness (QED) is 0.702. The van der Waals surface area contributed by atoms with Crippen LogP contribution in [0.15, 0.2) is 30.6 Å². The van der Waals surface area contributed by atoms with E-state index in [2.05, 4.69) is 15.4 Å². The fourth-order valence-electron chi connectivity index (χ4n) is 2.08. The van der Waals surface area contributed by atoms with Gasteiger partial charge in [-0.05, 0) is 31.0 Å². The zero-order valence-electron chi connectivity index (χ0n) is 12.5. The van der Waals surface area contributed by atoms with Crippen molar-refractivity contribution in [3.05, 3.63) is 47.7 Å². The van der Waals surface area contributed by atoms with Gasteiger partial charge in [0.25, 0.3) is 0 Å². The van der Waals surface area contributed by atoms with Crippen LogP contribution in [0.4, 0.5) is 9.52 Å². The van der Waals surface area contributed by atoms with E-state index in [1.165, 1.54) is 29.8 Å². The number of hydrogen-bond donors (Lipinski definition) is 1. The van der Waals surface area contributed by atoms with Gasteiger partial charge in [-0.25, -0.2) is 18.7 Å². The number of aromatic nitrogens is 3. The predicted molar refractivity (Wildman–Crippen MR) is 85.4 cm³/mol. The predicted octanol–water partition coefficient (Wildman–Crippen LogP) is 2.76. The molecule has 0 spiro atoms. The molecule has 3 aromatic rings. The maximum atomic E-state index is 12.8. The maximum Gasteiger partial charge on any atom is 0.360 e. The van der Waals surface area contributed by atoms with Gasteiger partial charge in [-0.2, -0.15) is 0 Å². The third-order valence-corrected chi connectivity index (χ3v) is 4.16. The molecule has 0 radical (unpaired) electrons. The number of ether oxygens (including phenoxy) is 1. The van der Waals surface area contributed by atoms with Gasteiger partial charge in [-0.1, -0.05) is 23.5 Å². The highest BCUT2D eigenvalue weighted by molar-refractivity contribution is 7.21. The van der Waals surface area contributed by atoms with E-state index in [1.807, 2.05) is 0 Å². The lowest BCUT2D eigenvalue weighted by molar-refractivity contribution is 0.0522. The topological polar surface area (TPSA) is 68.5 Å². The molecule has 0 aliphatic carbocycles. The minimum atomic E-state index is -0.448. The Bertz CT molecular complexity index is 813. The van der Waals surface area contributed by atoms with Gasteiger partial charge in [0.05, 0.1) is 6.61 Å². The summed E-state index contributed by atoms with van der Waals surface area (Å²) in [6, 6.07) is 6.40. The van der Waals surface area contributed by atoms with E-state index in [-0.39, 0.29) is 11.5 Å². The monoisotopic (exact) mass is 334 g/mol. The molecule has 3 rings (SSSR count). The molecular weight excluding hydrogens is 319 g/mol. The summed E-state index contributed by atoms with van der Waals surface area (Å²) in [4.78, 5) is 16.5. The molecule has 6 nitrogen and oxygen atoms in total. The SMILES string of the molecule is CCOC(=O)c1ncn2nc(NCCc3ccc(F)cc3)sc12. The summed E-state index contributed by atoms with van der Waals surface area (Å²) in [5.41, 5.74) is 1.31. The molecule has 23 heavy (non-hydrogen) atoms. The summed E-state index contributed by atoms with van der Waals surface area (Å²) in [7, 11) is 0. The number of benzene rings is 1. The van der Waals surface area contributed by atoms with Gasteiger partial charge in [0.2, 0.25) is 5.13 Å². The van der Waals surface area contributed by atoms with Crippen molar-refractivity contribution in [1.82, 2.24) is 14.6 Å². The van der Waals surface area contributed by atoms with Crippen molar-refractivity contribution >= 4 is 27.3 Å². The molecule has 1 aromatic carbocycles. The second-order valence-electron chi connectivity index (χ2n) is 4.77. The van der Waals surface area contributed by atoms with E-state index in [4.69, 9.17) is 4.74 Å². The van der Waals surface area contributed by atoms with Crippen molar-refractivity contribution in [2.24, 2.45) is 0 Å². The molecule has 0 saturated carbocycles. The number of carbonyl (C=O) groups is 1. The third-order valence-electron chi connectivity index (χ3n) is 3.17. The first-order valence-electron chi connectivity index (χ1n) is 7.17. The Labute approximate surface area is 135 Å². The lowest BCUT2D eigenvalue weighted by Gasteiger charge is -2.02. The van der Waals surface area contributed by atoms with Crippen LogP contribution in [0.1, 0.15) is 23.0 Å². The summed E-state index contributed by atoms with van der Waals surface area (Å²) < 4.78 is 19.4. The number of fused-ring (bicyclic) bond motifs is 1. The molecular formula is C15H15FN4O2S. The molecule has 0 unspecified atom stereocenters. The van der Waals surface area contributed by atoms with Crippen molar-refractivity contribution in [1.29, 1.82) is 0 Å². The molecule has 0 amide bonds. The smallest absolute Gasteiger partial charge is 0.360 e. The van der Waals surface area contributed by atoms with Crippen LogP contribution in [0.25, 0.3) is 4.83 Å². The molecule has 0 atom stereocenters. The number of hydrogen-bond acceptors (Lipinski definition) is 6. The first-order valence-corrected chi connectivity index (χ1v) is 7.98. The maximum absolute atomic E-state index is 12.8. The van der Waals surface area contributed by atoms with Crippen LogP contribution in [0.3, 0.4) is 0 Å². The normalized spacial score (nSPS) is 10.9. The van der Waals surface area contributed by atoms with Gasteiger partial charge in [-0.15, -0.1) is 5.10 Å². The van der Waals surface area contributed by atoms with Gasteiger partial charge in [0.1, 0.15) is 12.1 Å². The summed E-state index contributed by atoms with van der Waals surface area (Å²) in [6.07, 6.45) is 2.24. The van der Waals surface area contributed by atoms with Gasteiger partial charge >= 0.3 is 5.97 Å². The summed E-state index contributed by atoms with van der Waals surface area (Å²) in [6.45, 7) is 2.71. The number of nitrogens with one attached hydrogen (secondary N) is 1. The van der Waals surface area contributed by atoms with Crippen molar-refractivity contribution in [2.45, 2.75) is 13.3 Å². The largest absolute Gasteiger partial charge is 0.461 e. The summed E-state index contributed by atoms with van der Waals surface area (Å²) >= 11 is 1.34. The van der Waals surface area contributed by atoms with Crippen molar-refractivity contribution in [2.75, 3.05) is 18.5 Å². The Morgan fingerprint density at radius 1 is 1.39 bits per heavy atom. The molecule has 0 aliphatic rings. The van der Waals surface area contributed by atoms with Gasteiger partial charge in [-0.3, -0.25) is 0 Å². The van der Waals surface area contributed by atoms with Crippen molar-refractivity contribution < 1.29 is 13.9 Å². The highest BCUT2D eigenvalue weighted by Crippen LogP contribution is 2.23. The number of nitrogens with zero attached hydrogens (tertiary/aromatic N) is 3. The molecule has 0 aliphatic heterocycles. The number of rotatable bonds is 6. The highest BCUT2D eigenvalue weighted by Gasteiger charge is 2.17. The Morgan fingerprint density at radius 3 is 2.91 bits per heavy atom. The van der Waals surface area contributed by atoms with Crippen molar-refractivity contribution in [3.63, 3.8) is 0 Å². The standard InChI is InChI=1S/C15H15FN4O2S/c1-2-22-14(21)12-13-20(9-18-12)19-15(23-13)17-8-7-10-3-5-11(16)6-4-10/h3-6,9H,2,7-8H2,1H3,(H,17,19). The Hall–Kier alpha value is -2.48. The fourth-order valence-corrected chi connectivity index (χ4v) is 2.98. The summed E-state index contributed by atoms with van der Waals surface area (Å²) in [5.74, 6) is -0.688. The summed E-state index contributed by atoms with van der Waals surface area (Å²) in [5, 5.41) is 8.20. The molecule has 8 heteroatoms. The van der Waals surface area contributed by atoms with E-state index in [9.17, 15) is 9.18 Å². The minimum absolute atomic E-state index is 0.240. The zero-order chi connectivity index (χ0) is 16.2. The van der Waals surface area contributed by atoms with Crippen molar-refractivity contribution in [3.8, 4) is 0 Å². The van der Waals surface area contributed by atoms with Crippen LogP contribution in [-0.2, 0) is 11.2 Å². The first-order chi connectivity index (χ1) is 11.2. The second-order valence-corrected chi connectivity index (χ2v) is 5.75. The first kappa shape index (κ1) is 15.4. The van der Waals surface area contributed by atoms with E-state index in [0.717, 1.165) is 12.0 Å². The Morgan fingerprint density at radius 2 is 2.17 bits per heavy atom. The number of anilines is 1. The average molecular weight is 334 g/mol.